The first-order valence-corrected chi connectivity index (χ1v) is 9.89. The Bertz CT molecular complexity index is 885. The van der Waals surface area contributed by atoms with Gasteiger partial charge < -0.3 is 9.47 Å². The molecule has 2 aromatic carbocycles. The maximum absolute atomic E-state index is 12.7. The highest BCUT2D eigenvalue weighted by Gasteiger charge is 2.27. The number of piperidine rings is 1. The lowest BCUT2D eigenvalue weighted by atomic mass is 9.89. The summed E-state index contributed by atoms with van der Waals surface area (Å²) >= 11 is 0. The Labute approximate surface area is 176 Å². The van der Waals surface area contributed by atoms with Crippen LogP contribution in [0.5, 0.6) is 11.5 Å². The number of rotatable bonds is 7. The highest BCUT2D eigenvalue weighted by molar-refractivity contribution is 6.05. The molecule has 0 saturated carbocycles. The smallest absolute Gasteiger partial charge is 0.257 e. The molecule has 0 spiro atoms. The van der Waals surface area contributed by atoms with E-state index in [-0.39, 0.29) is 24.2 Å². The lowest BCUT2D eigenvalue weighted by molar-refractivity contribution is -0.121. The van der Waals surface area contributed by atoms with E-state index in [0.717, 1.165) is 5.75 Å². The van der Waals surface area contributed by atoms with Crippen molar-refractivity contribution < 1.29 is 23.9 Å². The molecule has 0 atom stereocenters. The topological polar surface area (TPSA) is 84.9 Å². The van der Waals surface area contributed by atoms with Crippen LogP contribution in [-0.2, 0) is 4.79 Å². The summed E-state index contributed by atoms with van der Waals surface area (Å²) in [5.41, 5.74) is 1.07. The monoisotopic (exact) mass is 410 g/mol. The van der Waals surface area contributed by atoms with E-state index >= 15 is 0 Å². The van der Waals surface area contributed by atoms with Crippen LogP contribution in [0.15, 0.2) is 48.5 Å². The second-order valence-electron chi connectivity index (χ2n) is 7.25. The van der Waals surface area contributed by atoms with E-state index in [0.29, 0.717) is 42.8 Å². The van der Waals surface area contributed by atoms with Crippen LogP contribution in [0, 0.1) is 5.92 Å². The normalized spacial score (nSPS) is 14.7. The van der Waals surface area contributed by atoms with E-state index in [1.165, 1.54) is 0 Å². The van der Waals surface area contributed by atoms with Gasteiger partial charge in [-0.25, -0.2) is 0 Å². The maximum atomic E-state index is 12.7. The van der Waals surface area contributed by atoms with Crippen molar-refractivity contribution in [2.45, 2.75) is 12.8 Å². The first-order chi connectivity index (χ1) is 14.5. The Morgan fingerprint density at radius 3 is 1.87 bits per heavy atom. The Morgan fingerprint density at radius 1 is 0.867 bits per heavy atom. The number of Topliss-reactive ketones (excluding diaryl/α,β-unsaturated/α-hetero) is 1. The van der Waals surface area contributed by atoms with Gasteiger partial charge in [-0.1, -0.05) is 0 Å². The zero-order valence-corrected chi connectivity index (χ0v) is 17.2. The van der Waals surface area contributed by atoms with Crippen LogP contribution in [0.2, 0.25) is 0 Å². The minimum atomic E-state index is -0.438. The summed E-state index contributed by atoms with van der Waals surface area (Å²) in [4.78, 5) is 39.1. The van der Waals surface area contributed by atoms with Gasteiger partial charge in [0, 0.05) is 17.0 Å². The molecule has 0 bridgehead atoms. The van der Waals surface area contributed by atoms with Crippen molar-refractivity contribution in [3.63, 3.8) is 0 Å². The number of carbonyl (C=O) groups excluding carboxylic acids is 3. The molecular formula is C23H26N2O5. The first kappa shape index (κ1) is 21.5. The number of amides is 2. The number of carbonyl (C=O) groups is 3. The summed E-state index contributed by atoms with van der Waals surface area (Å²) in [5, 5.41) is 2.41. The zero-order valence-electron chi connectivity index (χ0n) is 17.2. The lowest BCUT2D eigenvalue weighted by Crippen LogP contribution is -2.44. The first-order valence-electron chi connectivity index (χ1n) is 9.89. The molecule has 7 heteroatoms. The zero-order chi connectivity index (χ0) is 21.5. The van der Waals surface area contributed by atoms with Gasteiger partial charge in [-0.3, -0.25) is 24.6 Å². The van der Waals surface area contributed by atoms with Crippen LogP contribution in [-0.4, -0.2) is 56.4 Å². The molecule has 0 aromatic heterocycles. The molecule has 3 rings (SSSR count). The molecule has 1 saturated heterocycles. The second-order valence-corrected chi connectivity index (χ2v) is 7.25. The molecule has 0 aliphatic carbocycles. The summed E-state index contributed by atoms with van der Waals surface area (Å²) in [5.74, 6) is 0.638. The Morgan fingerprint density at radius 2 is 1.37 bits per heavy atom. The van der Waals surface area contributed by atoms with Crippen LogP contribution in [0.1, 0.15) is 33.6 Å². The van der Waals surface area contributed by atoms with E-state index in [4.69, 9.17) is 9.47 Å². The molecule has 7 nitrogen and oxygen atoms in total. The van der Waals surface area contributed by atoms with Crippen molar-refractivity contribution in [2.75, 3.05) is 33.9 Å². The predicted molar refractivity (Wildman–Crippen MR) is 112 cm³/mol. The minimum absolute atomic E-state index is 0.0568. The molecule has 1 fully saturated rings. The number of ether oxygens (including phenoxy) is 2. The highest BCUT2D eigenvalue weighted by Crippen LogP contribution is 2.23. The fourth-order valence-electron chi connectivity index (χ4n) is 3.53. The van der Waals surface area contributed by atoms with Gasteiger partial charge in [0.1, 0.15) is 11.5 Å². The van der Waals surface area contributed by atoms with Gasteiger partial charge in [0.2, 0.25) is 5.91 Å². The molecule has 2 aromatic rings. The van der Waals surface area contributed by atoms with Gasteiger partial charge >= 0.3 is 0 Å². The van der Waals surface area contributed by atoms with E-state index in [1.807, 2.05) is 4.90 Å². The Hall–Kier alpha value is -3.19. The number of methoxy groups -OCH3 is 2. The van der Waals surface area contributed by atoms with Gasteiger partial charge in [-0.15, -0.1) is 0 Å². The summed E-state index contributed by atoms with van der Waals surface area (Å²) in [7, 11) is 3.14. The molecule has 2 amide bonds. The van der Waals surface area contributed by atoms with Crippen LogP contribution >= 0.6 is 0 Å². The average molecular weight is 410 g/mol. The third-order valence-electron chi connectivity index (χ3n) is 5.31. The average Bonchev–Trinajstić information content (AvgIpc) is 2.79. The number of imide groups is 1. The fraction of sp³-hybridized carbons (Fsp3) is 0.348. The van der Waals surface area contributed by atoms with Gasteiger partial charge in [0.15, 0.2) is 5.78 Å². The molecule has 0 unspecified atom stereocenters. The van der Waals surface area contributed by atoms with Crippen LogP contribution in [0.25, 0.3) is 0 Å². The summed E-state index contributed by atoms with van der Waals surface area (Å²) < 4.78 is 10.2. The van der Waals surface area contributed by atoms with E-state index in [9.17, 15) is 14.4 Å². The molecule has 30 heavy (non-hydrogen) atoms. The molecule has 1 N–H and O–H groups in total. The van der Waals surface area contributed by atoms with Crippen LogP contribution < -0.4 is 14.8 Å². The van der Waals surface area contributed by atoms with Crippen LogP contribution in [0.4, 0.5) is 0 Å². The van der Waals surface area contributed by atoms with Crippen molar-refractivity contribution in [3.05, 3.63) is 59.7 Å². The minimum Gasteiger partial charge on any atom is -0.497 e. The quantitative estimate of drug-likeness (QED) is 0.706. The number of nitrogens with zero attached hydrogens (tertiary/aromatic N) is 1. The van der Waals surface area contributed by atoms with Crippen molar-refractivity contribution in [1.82, 2.24) is 10.2 Å². The Kier molecular flexibility index (Phi) is 7.19. The number of benzene rings is 2. The largest absolute Gasteiger partial charge is 0.497 e. The van der Waals surface area contributed by atoms with Crippen molar-refractivity contribution >= 4 is 17.6 Å². The van der Waals surface area contributed by atoms with Crippen LogP contribution in [0.3, 0.4) is 0 Å². The van der Waals surface area contributed by atoms with Crippen molar-refractivity contribution in [2.24, 2.45) is 5.92 Å². The molecule has 158 valence electrons. The number of nitrogens with one attached hydrogen (secondary N) is 1. The lowest BCUT2D eigenvalue weighted by Gasteiger charge is -2.30. The standard InChI is InChI=1S/C23H26N2O5/c1-29-19-7-3-16(4-8-19)22(27)17-11-13-25(14-12-17)15-21(26)24-23(28)18-5-9-20(30-2)10-6-18/h3-10,17H,11-15H2,1-2H3,(H,24,26,28). The molecule has 1 aliphatic rings. The van der Waals surface area contributed by atoms with Gasteiger partial charge in [0.05, 0.1) is 20.8 Å². The number of hydrogen-bond donors (Lipinski definition) is 1. The SMILES string of the molecule is COc1ccc(C(=O)NC(=O)CN2CCC(C(=O)c3ccc(OC)cc3)CC2)cc1. The van der Waals surface area contributed by atoms with Crippen molar-refractivity contribution in [1.29, 1.82) is 0 Å². The summed E-state index contributed by atoms with van der Waals surface area (Å²) in [6, 6.07) is 13.7. The summed E-state index contributed by atoms with van der Waals surface area (Å²) in [6.07, 6.45) is 1.37. The van der Waals surface area contributed by atoms with E-state index < -0.39 is 5.91 Å². The van der Waals surface area contributed by atoms with Gasteiger partial charge in [0.25, 0.3) is 5.91 Å². The second kappa shape index (κ2) is 10.0. The molecule has 1 aliphatic heterocycles. The summed E-state index contributed by atoms with van der Waals surface area (Å²) in [6.45, 7) is 1.40. The highest BCUT2D eigenvalue weighted by atomic mass is 16.5. The fourth-order valence-corrected chi connectivity index (χ4v) is 3.53. The number of likely N-dealkylation sites (tertiary alicyclic amines) is 1. The van der Waals surface area contributed by atoms with E-state index in [2.05, 4.69) is 5.32 Å². The maximum Gasteiger partial charge on any atom is 0.257 e. The predicted octanol–water partition coefficient (Wildman–Crippen LogP) is 2.56. The molecular weight excluding hydrogens is 384 g/mol. The third-order valence-corrected chi connectivity index (χ3v) is 5.31. The van der Waals surface area contributed by atoms with E-state index in [1.54, 1.807) is 62.8 Å². The van der Waals surface area contributed by atoms with Gasteiger partial charge in [-0.2, -0.15) is 0 Å². The third kappa shape index (κ3) is 5.45. The molecule has 0 radical (unpaired) electrons. The molecule has 1 heterocycles. The van der Waals surface area contributed by atoms with Crippen molar-refractivity contribution in [3.8, 4) is 11.5 Å². The van der Waals surface area contributed by atoms with Gasteiger partial charge in [-0.05, 0) is 74.5 Å². The Balaban J connectivity index is 1.45. The number of ketones is 1. The number of hydrogen-bond acceptors (Lipinski definition) is 6.